The topological polar surface area (TPSA) is 148 Å². The van der Waals surface area contributed by atoms with Crippen molar-refractivity contribution >= 4 is 40.4 Å². The van der Waals surface area contributed by atoms with E-state index < -0.39 is 9.85 Å². The maximum atomic E-state index is 11.1. The first-order chi connectivity index (χ1) is 22.8. The zero-order valence-corrected chi connectivity index (χ0v) is 25.8. The molecule has 0 spiro atoms. The molecule has 0 fully saturated rings. The largest absolute Gasteiger partial charge is 0.368 e. The summed E-state index contributed by atoms with van der Waals surface area (Å²) in [6.45, 7) is 4.82. The molecule has 0 N–H and O–H groups in total. The van der Waals surface area contributed by atoms with E-state index in [1.807, 2.05) is 54.2 Å². The fraction of sp³-hybridized carbons (Fsp3) is 0.147. The van der Waals surface area contributed by atoms with Gasteiger partial charge in [-0.25, -0.2) is 9.13 Å². The van der Waals surface area contributed by atoms with Crippen LogP contribution in [0.2, 0.25) is 0 Å². The second kappa shape index (κ2) is 15.1. The van der Waals surface area contributed by atoms with Gasteiger partial charge in [0.1, 0.15) is 24.7 Å². The highest BCUT2D eigenvalue weighted by molar-refractivity contribution is 6.13. The fourth-order valence-electron chi connectivity index (χ4n) is 4.73. The summed E-state index contributed by atoms with van der Waals surface area (Å²) in [5, 5.41) is 39.5. The molecule has 1 aromatic heterocycles. The standard InChI is InChI=1S/C34H32N9O4/c1-3-41(23-22-40-21-20-39(2)25-40)31-18-12-30(13-19-31)37-36-29-10-4-26(5-11-29)24-35-38-34(27-6-14-32(15-7-27)42(44)45)28-8-16-33(17-9-28)43(46)47/h4-21,24-25H,3,22-23H2,1-2H3/q+1/b35-24+,37-36+. The van der Waals surface area contributed by atoms with Gasteiger partial charge in [0.15, 0.2) is 0 Å². The number of imidazole rings is 1. The number of hydrogen-bond donors (Lipinski definition) is 0. The molecule has 0 bridgehead atoms. The van der Waals surface area contributed by atoms with Crippen molar-refractivity contribution in [2.45, 2.75) is 13.5 Å². The minimum absolute atomic E-state index is 0.0634. The Bertz CT molecular complexity index is 1860. The lowest BCUT2D eigenvalue weighted by molar-refractivity contribution is -0.693. The molecular formula is C34H32N9O4+. The number of nitro groups is 2. The van der Waals surface area contributed by atoms with E-state index >= 15 is 0 Å². The summed E-state index contributed by atoms with van der Waals surface area (Å²) in [5.41, 5.74) is 4.71. The highest BCUT2D eigenvalue weighted by atomic mass is 16.6. The number of likely N-dealkylation sites (N-methyl/N-ethyl adjacent to an activating group) is 1. The molecule has 0 amide bonds. The van der Waals surface area contributed by atoms with Crippen LogP contribution in [-0.2, 0) is 13.6 Å². The van der Waals surface area contributed by atoms with Crippen LogP contribution in [0.1, 0.15) is 23.6 Å². The van der Waals surface area contributed by atoms with E-state index in [9.17, 15) is 20.2 Å². The first-order valence-corrected chi connectivity index (χ1v) is 14.8. The van der Waals surface area contributed by atoms with Gasteiger partial charge in [0.05, 0.1) is 41.0 Å². The minimum atomic E-state index is -0.488. The molecule has 13 nitrogen and oxygen atoms in total. The molecule has 13 heteroatoms. The number of benzene rings is 4. The minimum Gasteiger partial charge on any atom is -0.368 e. The molecule has 0 aliphatic rings. The third-order valence-electron chi connectivity index (χ3n) is 7.29. The molecule has 0 aliphatic carbocycles. The fourth-order valence-corrected chi connectivity index (χ4v) is 4.73. The lowest BCUT2D eigenvalue weighted by atomic mass is 10.0. The van der Waals surface area contributed by atoms with Crippen molar-refractivity contribution in [1.82, 2.24) is 4.57 Å². The molecule has 5 rings (SSSR count). The number of hydrogen-bond acceptors (Lipinski definition) is 9. The van der Waals surface area contributed by atoms with E-state index in [1.165, 1.54) is 24.3 Å². The van der Waals surface area contributed by atoms with Gasteiger partial charge in [-0.2, -0.15) is 15.3 Å². The molecule has 1 heterocycles. The van der Waals surface area contributed by atoms with Gasteiger partial charge in [-0.15, -0.1) is 5.10 Å². The molecule has 0 saturated carbocycles. The number of non-ortho nitro benzene ring substituents is 2. The van der Waals surface area contributed by atoms with Gasteiger partial charge in [0.2, 0.25) is 6.33 Å². The molecule has 5 aromatic rings. The van der Waals surface area contributed by atoms with E-state index in [0.29, 0.717) is 22.5 Å². The average Bonchev–Trinajstić information content (AvgIpc) is 3.52. The van der Waals surface area contributed by atoms with Gasteiger partial charge in [0, 0.05) is 47.6 Å². The van der Waals surface area contributed by atoms with Gasteiger partial charge < -0.3 is 4.90 Å². The Balaban J connectivity index is 1.25. The van der Waals surface area contributed by atoms with Gasteiger partial charge in [-0.3, -0.25) is 20.2 Å². The Kier molecular flexibility index (Phi) is 10.3. The number of aromatic nitrogens is 2. The smallest absolute Gasteiger partial charge is 0.269 e. The van der Waals surface area contributed by atoms with Crippen LogP contribution < -0.4 is 9.47 Å². The predicted molar refractivity (Wildman–Crippen MR) is 180 cm³/mol. The molecule has 47 heavy (non-hydrogen) atoms. The second-order valence-electron chi connectivity index (χ2n) is 10.5. The summed E-state index contributed by atoms with van der Waals surface area (Å²) < 4.78 is 4.19. The Morgan fingerprint density at radius 2 is 1.34 bits per heavy atom. The van der Waals surface area contributed by atoms with Crippen molar-refractivity contribution in [2.75, 3.05) is 18.0 Å². The first kappa shape index (κ1) is 32.0. The third-order valence-corrected chi connectivity index (χ3v) is 7.29. The predicted octanol–water partition coefficient (Wildman–Crippen LogP) is 6.94. The molecule has 236 valence electrons. The van der Waals surface area contributed by atoms with Crippen LogP contribution in [0, 0.1) is 20.2 Å². The molecule has 0 saturated heterocycles. The van der Waals surface area contributed by atoms with Crippen molar-refractivity contribution in [3.05, 3.63) is 153 Å². The zero-order valence-electron chi connectivity index (χ0n) is 25.8. The number of nitro benzene ring substituents is 2. The summed E-state index contributed by atoms with van der Waals surface area (Å²) in [6.07, 6.45) is 7.72. The van der Waals surface area contributed by atoms with E-state index in [0.717, 1.165) is 36.6 Å². The van der Waals surface area contributed by atoms with E-state index in [4.69, 9.17) is 0 Å². The molecule has 4 aromatic carbocycles. The molecule has 0 aliphatic heterocycles. The van der Waals surface area contributed by atoms with Gasteiger partial charge in [0.25, 0.3) is 11.4 Å². The first-order valence-electron chi connectivity index (χ1n) is 14.8. The summed E-state index contributed by atoms with van der Waals surface area (Å²) >= 11 is 0. The Morgan fingerprint density at radius 3 is 1.81 bits per heavy atom. The maximum Gasteiger partial charge on any atom is 0.269 e. The summed E-state index contributed by atoms with van der Waals surface area (Å²) in [7, 11) is 2.01. The lowest BCUT2D eigenvalue weighted by Crippen LogP contribution is -2.39. The van der Waals surface area contributed by atoms with Crippen molar-refractivity contribution in [3.8, 4) is 0 Å². The molecule has 0 atom stereocenters. The monoisotopic (exact) mass is 630 g/mol. The Hall–Kier alpha value is -6.37. The van der Waals surface area contributed by atoms with Crippen LogP contribution in [0.3, 0.4) is 0 Å². The number of nitrogens with zero attached hydrogens (tertiary/aromatic N) is 9. The van der Waals surface area contributed by atoms with Crippen molar-refractivity contribution in [3.63, 3.8) is 0 Å². The average molecular weight is 631 g/mol. The van der Waals surface area contributed by atoms with E-state index in [-0.39, 0.29) is 11.4 Å². The highest BCUT2D eigenvalue weighted by Crippen LogP contribution is 2.23. The lowest BCUT2D eigenvalue weighted by Gasteiger charge is -2.22. The van der Waals surface area contributed by atoms with Crippen LogP contribution in [-0.4, -0.2) is 39.4 Å². The number of azo groups is 1. The van der Waals surface area contributed by atoms with Crippen LogP contribution in [0.25, 0.3) is 0 Å². The maximum absolute atomic E-state index is 11.1. The van der Waals surface area contributed by atoms with E-state index in [2.05, 4.69) is 61.5 Å². The van der Waals surface area contributed by atoms with Crippen molar-refractivity contribution in [2.24, 2.45) is 27.5 Å². The third kappa shape index (κ3) is 8.63. The number of anilines is 1. The summed E-state index contributed by atoms with van der Waals surface area (Å²) in [6, 6.07) is 27.0. The van der Waals surface area contributed by atoms with Crippen molar-refractivity contribution < 1.29 is 14.4 Å². The second-order valence-corrected chi connectivity index (χ2v) is 10.5. The van der Waals surface area contributed by atoms with Crippen LogP contribution in [0.15, 0.2) is 136 Å². The normalized spacial score (nSPS) is 11.2. The highest BCUT2D eigenvalue weighted by Gasteiger charge is 2.13. The van der Waals surface area contributed by atoms with Gasteiger partial charge in [-0.05, 0) is 73.2 Å². The van der Waals surface area contributed by atoms with Gasteiger partial charge in [-0.1, -0.05) is 12.1 Å². The molecule has 0 unspecified atom stereocenters. The SMILES string of the molecule is CCN(CC[n+]1ccn(C)c1)c1ccc(/N=N/c2ccc(/C=N/N=C(c3ccc([N+](=O)[O-])cc3)c3ccc([N+](=O)[O-])cc3)cc2)cc1. The zero-order chi connectivity index (χ0) is 33.2. The number of aryl methyl sites for hydroxylation is 1. The molecular weight excluding hydrogens is 598 g/mol. The van der Waals surface area contributed by atoms with Crippen LogP contribution in [0.4, 0.5) is 28.4 Å². The summed E-state index contributed by atoms with van der Waals surface area (Å²) in [4.78, 5) is 23.5. The quantitative estimate of drug-likeness (QED) is 0.0454. The molecule has 0 radical (unpaired) electrons. The van der Waals surface area contributed by atoms with Gasteiger partial charge >= 0.3 is 0 Å². The number of rotatable bonds is 13. The Labute approximate surface area is 270 Å². The van der Waals surface area contributed by atoms with E-state index in [1.54, 1.807) is 30.5 Å². The van der Waals surface area contributed by atoms with Crippen LogP contribution >= 0.6 is 0 Å². The Morgan fingerprint density at radius 1 is 0.809 bits per heavy atom. The van der Waals surface area contributed by atoms with Crippen LogP contribution in [0.5, 0.6) is 0 Å². The summed E-state index contributed by atoms with van der Waals surface area (Å²) in [5.74, 6) is 0. The van der Waals surface area contributed by atoms with Crippen molar-refractivity contribution in [1.29, 1.82) is 0 Å².